The standard InChI is InChI=1S/C17H34N2/c1-5-14(3)16-11-18-17(4,6-2)13-19(16)12-15-9-7-8-10-15/h14-16,18H,5-13H2,1-4H3. The van der Waals surface area contributed by atoms with Crippen LogP contribution in [0.25, 0.3) is 0 Å². The SMILES string of the molecule is CCC(C)C1CNC(C)(CC)CN1CC1CCCC1. The normalized spacial score (nSPS) is 35.7. The summed E-state index contributed by atoms with van der Waals surface area (Å²) in [6.45, 7) is 13.3. The highest BCUT2D eigenvalue weighted by atomic mass is 15.3. The lowest BCUT2D eigenvalue weighted by molar-refractivity contribution is 0.0429. The van der Waals surface area contributed by atoms with Crippen molar-refractivity contribution in [3.05, 3.63) is 0 Å². The molecule has 2 heteroatoms. The van der Waals surface area contributed by atoms with Gasteiger partial charge in [0.2, 0.25) is 0 Å². The number of nitrogens with zero attached hydrogens (tertiary/aromatic N) is 1. The summed E-state index contributed by atoms with van der Waals surface area (Å²) in [5, 5.41) is 3.82. The lowest BCUT2D eigenvalue weighted by atomic mass is 9.87. The van der Waals surface area contributed by atoms with Gasteiger partial charge in [0.1, 0.15) is 0 Å². The molecule has 1 heterocycles. The lowest BCUT2D eigenvalue weighted by Crippen LogP contribution is -2.64. The van der Waals surface area contributed by atoms with Gasteiger partial charge in [-0.15, -0.1) is 0 Å². The zero-order valence-corrected chi connectivity index (χ0v) is 13.5. The van der Waals surface area contributed by atoms with Crippen LogP contribution in [0.5, 0.6) is 0 Å². The van der Waals surface area contributed by atoms with Crippen molar-refractivity contribution in [2.75, 3.05) is 19.6 Å². The van der Waals surface area contributed by atoms with Gasteiger partial charge in [0.15, 0.2) is 0 Å². The van der Waals surface area contributed by atoms with Crippen LogP contribution < -0.4 is 5.32 Å². The molecule has 0 bridgehead atoms. The van der Waals surface area contributed by atoms with Crippen molar-refractivity contribution in [1.29, 1.82) is 0 Å². The second kappa shape index (κ2) is 6.58. The van der Waals surface area contributed by atoms with E-state index in [4.69, 9.17) is 0 Å². The van der Waals surface area contributed by atoms with Crippen molar-refractivity contribution < 1.29 is 0 Å². The molecule has 0 aromatic rings. The Balaban J connectivity index is 2.01. The van der Waals surface area contributed by atoms with Crippen LogP contribution in [0.4, 0.5) is 0 Å². The molecule has 1 aliphatic heterocycles. The average molecular weight is 266 g/mol. The van der Waals surface area contributed by atoms with E-state index >= 15 is 0 Å². The highest BCUT2D eigenvalue weighted by Crippen LogP contribution is 2.30. The Bertz CT molecular complexity index is 272. The molecule has 2 nitrogen and oxygen atoms in total. The average Bonchev–Trinajstić information content (AvgIpc) is 2.91. The van der Waals surface area contributed by atoms with Crippen LogP contribution in [0.3, 0.4) is 0 Å². The van der Waals surface area contributed by atoms with E-state index in [-0.39, 0.29) is 0 Å². The van der Waals surface area contributed by atoms with Gasteiger partial charge in [0, 0.05) is 31.2 Å². The molecule has 0 radical (unpaired) electrons. The Morgan fingerprint density at radius 2 is 1.95 bits per heavy atom. The summed E-state index contributed by atoms with van der Waals surface area (Å²) in [7, 11) is 0. The fourth-order valence-electron chi connectivity index (χ4n) is 3.90. The highest BCUT2D eigenvalue weighted by molar-refractivity contribution is 4.96. The van der Waals surface area contributed by atoms with Crippen molar-refractivity contribution in [3.8, 4) is 0 Å². The largest absolute Gasteiger partial charge is 0.309 e. The van der Waals surface area contributed by atoms with E-state index in [0.29, 0.717) is 5.54 Å². The topological polar surface area (TPSA) is 15.3 Å². The van der Waals surface area contributed by atoms with Crippen molar-refractivity contribution in [1.82, 2.24) is 10.2 Å². The first kappa shape index (κ1) is 15.3. The number of hydrogen-bond donors (Lipinski definition) is 1. The van der Waals surface area contributed by atoms with Crippen LogP contribution in [-0.4, -0.2) is 36.1 Å². The van der Waals surface area contributed by atoms with Crippen LogP contribution in [-0.2, 0) is 0 Å². The molecule has 0 spiro atoms. The predicted octanol–water partition coefficient (Wildman–Crippen LogP) is 3.67. The van der Waals surface area contributed by atoms with E-state index in [9.17, 15) is 0 Å². The summed E-state index contributed by atoms with van der Waals surface area (Å²) in [6, 6.07) is 0.755. The minimum absolute atomic E-state index is 0.336. The smallest absolute Gasteiger partial charge is 0.0278 e. The molecule has 19 heavy (non-hydrogen) atoms. The molecule has 2 fully saturated rings. The summed E-state index contributed by atoms with van der Waals surface area (Å²) < 4.78 is 0. The number of nitrogens with one attached hydrogen (secondary N) is 1. The van der Waals surface area contributed by atoms with E-state index < -0.39 is 0 Å². The maximum absolute atomic E-state index is 3.82. The first-order valence-electron chi connectivity index (χ1n) is 8.57. The Kier molecular flexibility index (Phi) is 5.30. The molecule has 3 atom stereocenters. The molecule has 3 unspecified atom stereocenters. The van der Waals surface area contributed by atoms with E-state index in [1.807, 2.05) is 0 Å². The van der Waals surface area contributed by atoms with E-state index in [2.05, 4.69) is 37.9 Å². The molecular formula is C17H34N2. The third-order valence-electron chi connectivity index (χ3n) is 5.81. The summed E-state index contributed by atoms with van der Waals surface area (Å²) in [4.78, 5) is 2.84. The molecule has 1 saturated carbocycles. The van der Waals surface area contributed by atoms with Crippen molar-refractivity contribution in [2.45, 2.75) is 77.8 Å². The van der Waals surface area contributed by atoms with Gasteiger partial charge < -0.3 is 5.32 Å². The van der Waals surface area contributed by atoms with Crippen LogP contribution >= 0.6 is 0 Å². The minimum atomic E-state index is 0.336. The van der Waals surface area contributed by atoms with E-state index in [0.717, 1.165) is 17.9 Å². The molecule has 0 amide bonds. The molecule has 1 saturated heterocycles. The molecule has 1 N–H and O–H groups in total. The van der Waals surface area contributed by atoms with Gasteiger partial charge in [-0.05, 0) is 38.0 Å². The maximum Gasteiger partial charge on any atom is 0.0278 e. The van der Waals surface area contributed by atoms with E-state index in [1.165, 1.54) is 58.2 Å². The zero-order chi connectivity index (χ0) is 13.9. The lowest BCUT2D eigenvalue weighted by Gasteiger charge is -2.48. The molecule has 0 aromatic heterocycles. The van der Waals surface area contributed by atoms with Gasteiger partial charge in [-0.3, -0.25) is 4.90 Å². The van der Waals surface area contributed by atoms with Gasteiger partial charge in [-0.2, -0.15) is 0 Å². The second-order valence-corrected chi connectivity index (χ2v) is 7.33. The number of piperazine rings is 1. The molecular weight excluding hydrogens is 232 g/mol. The van der Waals surface area contributed by atoms with Crippen LogP contribution in [0.2, 0.25) is 0 Å². The monoisotopic (exact) mass is 266 g/mol. The fourth-order valence-corrected chi connectivity index (χ4v) is 3.90. The Morgan fingerprint density at radius 1 is 1.26 bits per heavy atom. The molecule has 112 valence electrons. The van der Waals surface area contributed by atoms with Gasteiger partial charge in [-0.1, -0.05) is 40.0 Å². The molecule has 2 rings (SSSR count). The van der Waals surface area contributed by atoms with Gasteiger partial charge in [0.25, 0.3) is 0 Å². The maximum atomic E-state index is 3.82. The van der Waals surface area contributed by atoms with Crippen LogP contribution in [0.1, 0.15) is 66.2 Å². The summed E-state index contributed by atoms with van der Waals surface area (Å²) in [5.74, 6) is 1.79. The Labute approximate surface area is 120 Å². The summed E-state index contributed by atoms with van der Waals surface area (Å²) in [6.07, 6.45) is 8.42. The molecule has 2 aliphatic rings. The Hall–Kier alpha value is -0.0800. The molecule has 1 aliphatic carbocycles. The van der Waals surface area contributed by atoms with Crippen LogP contribution in [0.15, 0.2) is 0 Å². The molecule has 0 aromatic carbocycles. The van der Waals surface area contributed by atoms with Gasteiger partial charge >= 0.3 is 0 Å². The fraction of sp³-hybridized carbons (Fsp3) is 1.00. The number of hydrogen-bond acceptors (Lipinski definition) is 2. The quantitative estimate of drug-likeness (QED) is 0.817. The first-order chi connectivity index (χ1) is 9.08. The second-order valence-electron chi connectivity index (χ2n) is 7.33. The van der Waals surface area contributed by atoms with Crippen molar-refractivity contribution in [2.24, 2.45) is 11.8 Å². The van der Waals surface area contributed by atoms with Gasteiger partial charge in [0.05, 0.1) is 0 Å². The predicted molar refractivity (Wildman–Crippen MR) is 83.5 cm³/mol. The minimum Gasteiger partial charge on any atom is -0.309 e. The van der Waals surface area contributed by atoms with E-state index in [1.54, 1.807) is 0 Å². The number of rotatable bonds is 5. The third-order valence-corrected chi connectivity index (χ3v) is 5.81. The third kappa shape index (κ3) is 3.72. The van der Waals surface area contributed by atoms with Gasteiger partial charge in [-0.25, -0.2) is 0 Å². The first-order valence-corrected chi connectivity index (χ1v) is 8.57. The summed E-state index contributed by atoms with van der Waals surface area (Å²) in [5.41, 5.74) is 0.336. The van der Waals surface area contributed by atoms with Crippen LogP contribution in [0, 0.1) is 11.8 Å². The Morgan fingerprint density at radius 3 is 2.53 bits per heavy atom. The summed E-state index contributed by atoms with van der Waals surface area (Å²) >= 11 is 0. The van der Waals surface area contributed by atoms with Crippen molar-refractivity contribution >= 4 is 0 Å². The zero-order valence-electron chi connectivity index (χ0n) is 13.5. The van der Waals surface area contributed by atoms with Crippen molar-refractivity contribution in [3.63, 3.8) is 0 Å². The highest BCUT2D eigenvalue weighted by Gasteiger charge is 2.37.